The van der Waals surface area contributed by atoms with Crippen molar-refractivity contribution < 1.29 is 0 Å². The highest BCUT2D eigenvalue weighted by molar-refractivity contribution is 7.25. The molecule has 0 aliphatic carbocycles. The predicted octanol–water partition coefficient (Wildman–Crippen LogP) is 11.8. The van der Waals surface area contributed by atoms with E-state index in [9.17, 15) is 0 Å². The van der Waals surface area contributed by atoms with Gasteiger partial charge in [-0.05, 0) is 68.2 Å². The molecule has 0 bridgehead atoms. The van der Waals surface area contributed by atoms with Crippen molar-refractivity contribution in [3.8, 4) is 45.0 Å². The van der Waals surface area contributed by atoms with E-state index in [1.54, 1.807) is 6.20 Å². The maximum Gasteiger partial charge on any atom is 0.161 e. The minimum absolute atomic E-state index is 0.693. The smallest absolute Gasteiger partial charge is 0.161 e. The van der Waals surface area contributed by atoms with E-state index in [0.29, 0.717) is 5.82 Å². The summed E-state index contributed by atoms with van der Waals surface area (Å²) in [5, 5.41) is 10.0. The van der Waals surface area contributed by atoms with Gasteiger partial charge in [-0.15, -0.1) is 11.3 Å². The third kappa shape index (κ3) is 4.16. The molecule has 0 radical (unpaired) electrons. The van der Waals surface area contributed by atoms with E-state index in [1.165, 1.54) is 52.5 Å². The summed E-state index contributed by atoms with van der Waals surface area (Å²) < 4.78 is 2.57. The number of aromatic nitrogens is 3. The molecule has 0 saturated heterocycles. The Morgan fingerprint density at radius 1 is 0.426 bits per heavy atom. The SMILES string of the molecule is c1cncc(-c2ccccc2-c2nc(-c3ccc4sc5ccccc5c4c3)cc(-c3ccc4ccc5cccc6ccc3c4c56)n2)c1. The van der Waals surface area contributed by atoms with Crippen LogP contribution in [0.4, 0.5) is 0 Å². The van der Waals surface area contributed by atoms with E-state index in [-0.39, 0.29) is 0 Å². The number of hydrogen-bond donors (Lipinski definition) is 0. The Labute approximate surface area is 274 Å². The van der Waals surface area contributed by atoms with Crippen molar-refractivity contribution in [2.45, 2.75) is 0 Å². The lowest BCUT2D eigenvalue weighted by molar-refractivity contribution is 1.19. The first-order chi connectivity index (χ1) is 23.3. The van der Waals surface area contributed by atoms with Crippen LogP contribution in [0, 0.1) is 0 Å². The molecule has 0 spiro atoms. The molecule has 0 aliphatic heterocycles. The quantitative estimate of drug-likeness (QED) is 0.185. The molecular formula is C43H25N3S. The van der Waals surface area contributed by atoms with Crippen molar-refractivity contribution in [1.29, 1.82) is 0 Å². The fraction of sp³-hybridized carbons (Fsp3) is 0. The lowest BCUT2D eigenvalue weighted by Gasteiger charge is -2.16. The normalized spacial score (nSPS) is 11.8. The number of hydrogen-bond acceptors (Lipinski definition) is 4. The van der Waals surface area contributed by atoms with Gasteiger partial charge in [-0.1, -0.05) is 109 Å². The molecule has 0 saturated carbocycles. The van der Waals surface area contributed by atoms with Gasteiger partial charge in [0.2, 0.25) is 0 Å². The molecule has 0 atom stereocenters. The van der Waals surface area contributed by atoms with Crippen LogP contribution in [0.5, 0.6) is 0 Å². The molecule has 47 heavy (non-hydrogen) atoms. The van der Waals surface area contributed by atoms with Gasteiger partial charge in [-0.3, -0.25) is 4.98 Å². The van der Waals surface area contributed by atoms with Crippen molar-refractivity contribution in [3.05, 3.63) is 152 Å². The fourth-order valence-electron chi connectivity index (χ4n) is 7.15. The van der Waals surface area contributed by atoms with Gasteiger partial charge in [0, 0.05) is 54.8 Å². The van der Waals surface area contributed by atoms with Gasteiger partial charge in [0.05, 0.1) is 11.4 Å². The van der Waals surface area contributed by atoms with Gasteiger partial charge >= 0.3 is 0 Å². The Morgan fingerprint density at radius 2 is 1.17 bits per heavy atom. The lowest BCUT2D eigenvalue weighted by atomic mass is 9.91. The van der Waals surface area contributed by atoms with E-state index in [1.807, 2.05) is 23.6 Å². The first kappa shape index (κ1) is 26.3. The first-order valence-electron chi connectivity index (χ1n) is 15.8. The summed E-state index contributed by atoms with van der Waals surface area (Å²) in [6.45, 7) is 0. The van der Waals surface area contributed by atoms with Crippen molar-refractivity contribution in [2.24, 2.45) is 0 Å². The molecule has 3 nitrogen and oxygen atoms in total. The van der Waals surface area contributed by atoms with Crippen LogP contribution in [-0.2, 0) is 0 Å². The number of nitrogens with zero attached hydrogens (tertiary/aromatic N) is 3. The molecule has 3 aromatic heterocycles. The maximum absolute atomic E-state index is 5.34. The van der Waals surface area contributed by atoms with E-state index in [0.717, 1.165) is 39.2 Å². The third-order valence-electron chi connectivity index (χ3n) is 9.34. The van der Waals surface area contributed by atoms with Gasteiger partial charge < -0.3 is 0 Å². The Balaban J connectivity index is 1.26. The van der Waals surface area contributed by atoms with Crippen molar-refractivity contribution in [2.75, 3.05) is 0 Å². The summed E-state index contributed by atoms with van der Waals surface area (Å²) in [4.78, 5) is 15.0. The van der Waals surface area contributed by atoms with Crippen LogP contribution in [0.25, 0.3) is 97.5 Å². The van der Waals surface area contributed by atoms with Crippen LogP contribution in [0.1, 0.15) is 0 Å². The molecule has 0 unspecified atom stereocenters. The predicted molar refractivity (Wildman–Crippen MR) is 198 cm³/mol. The molecule has 3 heterocycles. The summed E-state index contributed by atoms with van der Waals surface area (Å²) in [7, 11) is 0. The molecule has 10 aromatic rings. The number of thiophene rings is 1. The molecule has 0 amide bonds. The van der Waals surface area contributed by atoms with Crippen molar-refractivity contribution in [3.63, 3.8) is 0 Å². The van der Waals surface area contributed by atoms with Crippen LogP contribution in [0.2, 0.25) is 0 Å². The van der Waals surface area contributed by atoms with Crippen molar-refractivity contribution in [1.82, 2.24) is 15.0 Å². The second-order valence-corrected chi connectivity index (χ2v) is 13.1. The minimum Gasteiger partial charge on any atom is -0.264 e. The Bertz CT molecular complexity index is 2780. The summed E-state index contributed by atoms with van der Waals surface area (Å²) >= 11 is 1.83. The molecule has 0 N–H and O–H groups in total. The highest BCUT2D eigenvalue weighted by atomic mass is 32.1. The molecular weight excluding hydrogens is 591 g/mol. The molecule has 4 heteroatoms. The summed E-state index contributed by atoms with van der Waals surface area (Å²) in [6, 6.07) is 49.9. The standard InChI is InChI=1S/C43H25N3S/c1-2-12-35(31(10-1)30-9-6-22-44-25-30)43-45-37(29-18-21-40-36(23-29)33-11-3-4-13-39(33)47-40)24-38(46-43)32-19-16-28-15-14-26-7-5-8-27-17-20-34(32)42(28)41(26)27/h1-25H. The third-order valence-corrected chi connectivity index (χ3v) is 10.5. The van der Waals surface area contributed by atoms with Gasteiger partial charge in [0.15, 0.2) is 5.82 Å². The zero-order chi connectivity index (χ0) is 30.9. The van der Waals surface area contributed by atoms with Crippen LogP contribution in [0.3, 0.4) is 0 Å². The summed E-state index contributed by atoms with van der Waals surface area (Å²) in [5.74, 6) is 0.693. The summed E-state index contributed by atoms with van der Waals surface area (Å²) in [6.07, 6.45) is 3.71. The molecule has 0 fully saturated rings. The zero-order valence-electron chi connectivity index (χ0n) is 25.2. The van der Waals surface area contributed by atoms with Crippen LogP contribution in [0.15, 0.2) is 152 Å². The van der Waals surface area contributed by atoms with Crippen molar-refractivity contribution >= 4 is 63.8 Å². The molecule has 10 rings (SSSR count). The second kappa shape index (κ2) is 10.3. The van der Waals surface area contributed by atoms with E-state index in [2.05, 4.69) is 138 Å². The fourth-order valence-corrected chi connectivity index (χ4v) is 8.24. The zero-order valence-corrected chi connectivity index (χ0v) is 26.0. The second-order valence-electron chi connectivity index (χ2n) is 12.0. The number of fused-ring (bicyclic) bond motifs is 3. The Morgan fingerprint density at radius 3 is 2.04 bits per heavy atom. The molecule has 0 aliphatic rings. The largest absolute Gasteiger partial charge is 0.264 e. The van der Waals surface area contributed by atoms with E-state index >= 15 is 0 Å². The first-order valence-corrected chi connectivity index (χ1v) is 16.6. The Kier molecular flexibility index (Phi) is 5.74. The average molecular weight is 616 g/mol. The average Bonchev–Trinajstić information content (AvgIpc) is 3.52. The monoisotopic (exact) mass is 615 g/mol. The highest BCUT2D eigenvalue weighted by Gasteiger charge is 2.18. The van der Waals surface area contributed by atoms with Gasteiger partial charge in [0.25, 0.3) is 0 Å². The van der Waals surface area contributed by atoms with E-state index in [4.69, 9.17) is 9.97 Å². The number of pyridine rings is 1. The van der Waals surface area contributed by atoms with Gasteiger partial charge in [0.1, 0.15) is 0 Å². The summed E-state index contributed by atoms with van der Waals surface area (Å²) in [5.41, 5.74) is 7.03. The van der Waals surface area contributed by atoms with Gasteiger partial charge in [-0.2, -0.15) is 0 Å². The van der Waals surface area contributed by atoms with Crippen LogP contribution < -0.4 is 0 Å². The number of benzene rings is 7. The Hall–Kier alpha value is -5.97. The van der Waals surface area contributed by atoms with Gasteiger partial charge in [-0.25, -0.2) is 9.97 Å². The maximum atomic E-state index is 5.34. The molecule has 7 aromatic carbocycles. The number of rotatable bonds is 4. The topological polar surface area (TPSA) is 38.7 Å². The minimum atomic E-state index is 0.693. The van der Waals surface area contributed by atoms with E-state index < -0.39 is 0 Å². The van der Waals surface area contributed by atoms with Crippen LogP contribution in [-0.4, -0.2) is 15.0 Å². The highest BCUT2D eigenvalue weighted by Crippen LogP contribution is 2.41. The van der Waals surface area contributed by atoms with Crippen LogP contribution >= 0.6 is 11.3 Å². The molecule has 218 valence electrons. The lowest BCUT2D eigenvalue weighted by Crippen LogP contribution is -1.98.